The largest absolute Gasteiger partial charge is 0.354 e. The van der Waals surface area contributed by atoms with Crippen molar-refractivity contribution in [1.82, 2.24) is 25.3 Å². The number of anilines is 1. The Kier molecular flexibility index (Phi) is 7.73. The molecule has 8 heteroatoms. The smallest absolute Gasteiger partial charge is 0.249 e. The number of carbonyl (C=O) groups excluding carboxylic acids is 2. The van der Waals surface area contributed by atoms with Crippen molar-refractivity contribution in [2.75, 3.05) is 11.4 Å². The first-order chi connectivity index (χ1) is 17.3. The van der Waals surface area contributed by atoms with Gasteiger partial charge in [-0.15, -0.1) is 5.10 Å². The molecule has 2 aromatic carbocycles. The van der Waals surface area contributed by atoms with Crippen LogP contribution < -0.4 is 10.2 Å². The minimum absolute atomic E-state index is 0.0608. The van der Waals surface area contributed by atoms with Gasteiger partial charge in [0.15, 0.2) is 0 Å². The van der Waals surface area contributed by atoms with E-state index < -0.39 is 6.04 Å². The Bertz CT molecular complexity index is 1350. The summed E-state index contributed by atoms with van der Waals surface area (Å²) in [5.41, 5.74) is 4.81. The molecule has 0 fully saturated rings. The number of hydrogen-bond donors (Lipinski definition) is 1. The molecule has 2 aromatic heterocycles. The fourth-order valence-corrected chi connectivity index (χ4v) is 4.28. The summed E-state index contributed by atoms with van der Waals surface area (Å²) < 4.78 is 1.58. The van der Waals surface area contributed by atoms with Crippen molar-refractivity contribution in [3.63, 3.8) is 0 Å². The van der Waals surface area contributed by atoms with Gasteiger partial charge in [0.2, 0.25) is 11.8 Å². The molecule has 0 unspecified atom stereocenters. The van der Waals surface area contributed by atoms with Crippen molar-refractivity contribution in [1.29, 1.82) is 0 Å². The lowest BCUT2D eigenvalue weighted by Gasteiger charge is -2.32. The van der Waals surface area contributed by atoms with Crippen molar-refractivity contribution >= 4 is 28.5 Å². The van der Waals surface area contributed by atoms with Crippen LogP contribution in [-0.4, -0.2) is 38.3 Å². The highest BCUT2D eigenvalue weighted by Gasteiger charge is 2.34. The Balaban J connectivity index is 1.78. The van der Waals surface area contributed by atoms with E-state index in [1.807, 2.05) is 56.3 Å². The second kappa shape index (κ2) is 11.1. The zero-order chi connectivity index (χ0) is 25.7. The maximum Gasteiger partial charge on any atom is 0.249 e. The average Bonchev–Trinajstić information content (AvgIpc) is 3.26. The van der Waals surface area contributed by atoms with Gasteiger partial charge in [0.1, 0.15) is 18.1 Å². The Morgan fingerprint density at radius 3 is 2.50 bits per heavy atom. The van der Waals surface area contributed by atoms with E-state index in [0.717, 1.165) is 23.1 Å². The number of aromatic nitrogens is 4. The van der Waals surface area contributed by atoms with Gasteiger partial charge in [-0.05, 0) is 67.6 Å². The van der Waals surface area contributed by atoms with Crippen molar-refractivity contribution in [2.45, 2.75) is 46.7 Å². The van der Waals surface area contributed by atoms with E-state index in [2.05, 4.69) is 34.5 Å². The number of amides is 2. The summed E-state index contributed by atoms with van der Waals surface area (Å²) in [4.78, 5) is 33.4. The van der Waals surface area contributed by atoms with Crippen LogP contribution in [0.4, 0.5) is 5.69 Å². The molecule has 0 spiro atoms. The summed E-state index contributed by atoms with van der Waals surface area (Å²) in [6.45, 7) is 8.65. The number of aryl methyl sites for hydroxylation is 2. The number of rotatable bonds is 9. The number of nitrogens with one attached hydrogen (secondary N) is 1. The SMILES string of the molecule is Cc1ccc(N(C(=O)Cn2nnc3ccccc32)[C@H](C(=O)NCCC(C)C)c2ccncc2)c(C)c1. The van der Waals surface area contributed by atoms with E-state index in [1.165, 1.54) is 0 Å². The van der Waals surface area contributed by atoms with E-state index in [1.54, 1.807) is 34.1 Å². The summed E-state index contributed by atoms with van der Waals surface area (Å²) in [5.74, 6) is -0.0561. The first-order valence-corrected chi connectivity index (χ1v) is 12.2. The molecule has 2 amide bonds. The maximum atomic E-state index is 14.0. The molecule has 0 saturated carbocycles. The summed E-state index contributed by atoms with van der Waals surface area (Å²) in [7, 11) is 0. The minimum atomic E-state index is -0.871. The number of benzene rings is 2. The average molecular weight is 485 g/mol. The van der Waals surface area contributed by atoms with Crippen LogP contribution in [-0.2, 0) is 16.1 Å². The molecule has 2 heterocycles. The monoisotopic (exact) mass is 484 g/mol. The van der Waals surface area contributed by atoms with Crippen LogP contribution in [0.2, 0.25) is 0 Å². The van der Waals surface area contributed by atoms with Gasteiger partial charge in [-0.2, -0.15) is 0 Å². The Hall–Kier alpha value is -4.07. The fraction of sp³-hybridized carbons (Fsp3) is 0.321. The van der Waals surface area contributed by atoms with Gasteiger partial charge in [-0.1, -0.05) is 48.9 Å². The lowest BCUT2D eigenvalue weighted by atomic mass is 10.0. The number of hydrogen-bond acceptors (Lipinski definition) is 5. The molecule has 0 saturated heterocycles. The van der Waals surface area contributed by atoms with E-state index in [4.69, 9.17) is 0 Å². The number of para-hydroxylation sites is 1. The van der Waals surface area contributed by atoms with Gasteiger partial charge in [-0.25, -0.2) is 4.68 Å². The van der Waals surface area contributed by atoms with Crippen LogP contribution in [0, 0.1) is 19.8 Å². The second-order valence-corrected chi connectivity index (χ2v) is 9.45. The molecule has 1 atom stereocenters. The third-order valence-electron chi connectivity index (χ3n) is 6.14. The first-order valence-electron chi connectivity index (χ1n) is 12.2. The van der Waals surface area contributed by atoms with Crippen molar-refractivity contribution in [3.05, 3.63) is 83.7 Å². The zero-order valence-electron chi connectivity index (χ0n) is 21.2. The number of carbonyl (C=O) groups is 2. The van der Waals surface area contributed by atoms with Crippen LogP contribution in [0.15, 0.2) is 67.0 Å². The van der Waals surface area contributed by atoms with Crippen LogP contribution >= 0.6 is 0 Å². The molecular weight excluding hydrogens is 452 g/mol. The molecule has 36 heavy (non-hydrogen) atoms. The van der Waals surface area contributed by atoms with Gasteiger partial charge < -0.3 is 5.32 Å². The molecule has 8 nitrogen and oxygen atoms in total. The van der Waals surface area contributed by atoms with E-state index in [0.29, 0.717) is 29.2 Å². The molecule has 0 aliphatic rings. The summed E-state index contributed by atoms with van der Waals surface area (Å²) in [5, 5.41) is 11.4. The fourth-order valence-electron chi connectivity index (χ4n) is 4.28. The van der Waals surface area contributed by atoms with Crippen LogP contribution in [0.5, 0.6) is 0 Å². The Morgan fingerprint density at radius 1 is 1.03 bits per heavy atom. The first kappa shape index (κ1) is 25.0. The maximum absolute atomic E-state index is 14.0. The van der Waals surface area contributed by atoms with Gasteiger partial charge in [0, 0.05) is 24.6 Å². The third-order valence-corrected chi connectivity index (χ3v) is 6.14. The Labute approximate surface area is 211 Å². The van der Waals surface area contributed by atoms with Gasteiger partial charge in [0.05, 0.1) is 5.52 Å². The molecule has 4 rings (SSSR count). The lowest BCUT2D eigenvalue weighted by molar-refractivity contribution is -0.127. The summed E-state index contributed by atoms with van der Waals surface area (Å²) in [6, 6.07) is 16.1. The molecule has 0 aliphatic carbocycles. The van der Waals surface area contributed by atoms with E-state index >= 15 is 0 Å². The summed E-state index contributed by atoms with van der Waals surface area (Å²) in [6.07, 6.45) is 4.12. The summed E-state index contributed by atoms with van der Waals surface area (Å²) >= 11 is 0. The standard InChI is InChI=1S/C28H32N6O2/c1-19(2)11-16-30-28(36)27(22-12-14-29-15-13-22)34(24-10-9-20(3)17-21(24)4)26(35)18-33-25-8-6-5-7-23(25)31-32-33/h5-10,12-15,17,19,27H,11,16,18H2,1-4H3,(H,30,36)/t27-/m0/s1. The lowest BCUT2D eigenvalue weighted by Crippen LogP contribution is -2.46. The normalized spacial score (nSPS) is 12.0. The van der Waals surface area contributed by atoms with E-state index in [9.17, 15) is 9.59 Å². The quantitative estimate of drug-likeness (QED) is 0.381. The highest BCUT2D eigenvalue weighted by molar-refractivity contribution is 6.02. The number of fused-ring (bicyclic) bond motifs is 1. The third kappa shape index (κ3) is 5.59. The predicted molar refractivity (Wildman–Crippen MR) is 140 cm³/mol. The second-order valence-electron chi connectivity index (χ2n) is 9.45. The van der Waals surface area contributed by atoms with Crippen LogP contribution in [0.25, 0.3) is 11.0 Å². The molecule has 0 radical (unpaired) electrons. The zero-order valence-corrected chi connectivity index (χ0v) is 21.2. The van der Waals surface area contributed by atoms with Crippen molar-refractivity contribution in [2.24, 2.45) is 5.92 Å². The highest BCUT2D eigenvalue weighted by atomic mass is 16.2. The molecular formula is C28H32N6O2. The van der Waals surface area contributed by atoms with Crippen molar-refractivity contribution in [3.8, 4) is 0 Å². The highest BCUT2D eigenvalue weighted by Crippen LogP contribution is 2.31. The van der Waals surface area contributed by atoms with Crippen molar-refractivity contribution < 1.29 is 9.59 Å². The Morgan fingerprint density at radius 2 is 1.78 bits per heavy atom. The molecule has 186 valence electrons. The molecule has 0 aliphatic heterocycles. The predicted octanol–water partition coefficient (Wildman–Crippen LogP) is 4.38. The number of nitrogens with zero attached hydrogens (tertiary/aromatic N) is 5. The molecule has 1 N–H and O–H groups in total. The van der Waals surface area contributed by atoms with Gasteiger partial charge >= 0.3 is 0 Å². The molecule has 4 aromatic rings. The van der Waals surface area contributed by atoms with Gasteiger partial charge in [0.25, 0.3) is 0 Å². The number of pyridine rings is 1. The topological polar surface area (TPSA) is 93.0 Å². The molecule has 0 bridgehead atoms. The van der Waals surface area contributed by atoms with Crippen LogP contribution in [0.1, 0.15) is 43.0 Å². The minimum Gasteiger partial charge on any atom is -0.354 e. The van der Waals surface area contributed by atoms with Crippen LogP contribution in [0.3, 0.4) is 0 Å². The van der Waals surface area contributed by atoms with E-state index in [-0.39, 0.29) is 18.4 Å². The van der Waals surface area contributed by atoms with Gasteiger partial charge in [-0.3, -0.25) is 19.5 Å².